The summed E-state index contributed by atoms with van der Waals surface area (Å²) in [5, 5.41) is 6.82. The third-order valence-corrected chi connectivity index (χ3v) is 3.49. The second kappa shape index (κ2) is 9.31. The lowest BCUT2D eigenvalue weighted by Crippen LogP contribution is -2.44. The largest absolute Gasteiger partial charge is 0.454 e. The third-order valence-electron chi connectivity index (χ3n) is 3.49. The number of hydrogen-bond acceptors (Lipinski definition) is 4. The van der Waals surface area contributed by atoms with Gasteiger partial charge in [0.15, 0.2) is 17.5 Å². The minimum atomic E-state index is 0. The molecule has 7 heteroatoms. The number of hydrogen-bond donors (Lipinski definition) is 2. The maximum absolute atomic E-state index is 5.42. The highest BCUT2D eigenvalue weighted by Gasteiger charge is 2.15. The molecule has 2 N–H and O–H groups in total. The lowest BCUT2D eigenvalue weighted by Gasteiger charge is -2.24. The Bertz CT molecular complexity index is 558. The van der Waals surface area contributed by atoms with Crippen LogP contribution >= 0.6 is 24.0 Å². The van der Waals surface area contributed by atoms with E-state index in [9.17, 15) is 0 Å². The maximum Gasteiger partial charge on any atom is 0.231 e. The van der Waals surface area contributed by atoms with Crippen molar-refractivity contribution in [2.75, 3.05) is 34.0 Å². The molecule has 1 heterocycles. The Hall–Kier alpha value is -1.22. The molecule has 2 rings (SSSR count). The topological polar surface area (TPSA) is 58.1 Å². The molecule has 1 aliphatic heterocycles. The Kier molecular flexibility index (Phi) is 8.08. The van der Waals surface area contributed by atoms with E-state index in [1.54, 1.807) is 7.05 Å². The molecule has 136 valence electrons. The zero-order valence-corrected chi connectivity index (χ0v) is 17.5. The molecule has 0 spiro atoms. The van der Waals surface area contributed by atoms with Crippen LogP contribution in [0.15, 0.2) is 23.2 Å². The van der Waals surface area contributed by atoms with Gasteiger partial charge in [0.25, 0.3) is 0 Å². The zero-order chi connectivity index (χ0) is 16.9. The average Bonchev–Trinajstić information content (AvgIpc) is 2.93. The monoisotopic (exact) mass is 448 g/mol. The van der Waals surface area contributed by atoms with Crippen LogP contribution in [0.1, 0.15) is 26.3 Å². The standard InChI is InChI=1S/C17H28N4O2.HI/c1-17(2,3)20-9-8-19-16(18-4)21(5)11-13-6-7-14-15(10-13)23-12-22-14;/h6-7,10,20H,8-9,11-12H2,1-5H3,(H,18,19);1H. The van der Waals surface area contributed by atoms with Gasteiger partial charge < -0.3 is 25.0 Å². The number of rotatable bonds is 5. The Morgan fingerprint density at radius 3 is 2.58 bits per heavy atom. The van der Waals surface area contributed by atoms with Crippen molar-refractivity contribution in [3.05, 3.63) is 23.8 Å². The number of halogens is 1. The molecule has 0 radical (unpaired) electrons. The van der Waals surface area contributed by atoms with Gasteiger partial charge in [-0.25, -0.2) is 0 Å². The van der Waals surface area contributed by atoms with Crippen molar-refractivity contribution in [2.45, 2.75) is 32.9 Å². The number of nitrogens with zero attached hydrogens (tertiary/aromatic N) is 2. The van der Waals surface area contributed by atoms with E-state index in [2.05, 4.69) is 47.4 Å². The quantitative estimate of drug-likeness (QED) is 0.314. The molecule has 6 nitrogen and oxygen atoms in total. The second-order valence-electron chi connectivity index (χ2n) is 6.69. The van der Waals surface area contributed by atoms with Crippen LogP contribution in [0.25, 0.3) is 0 Å². The molecule has 1 aromatic carbocycles. The minimum Gasteiger partial charge on any atom is -0.454 e. The molecule has 0 amide bonds. The lowest BCUT2D eigenvalue weighted by atomic mass is 10.1. The molecule has 0 aromatic heterocycles. The summed E-state index contributed by atoms with van der Waals surface area (Å²) >= 11 is 0. The number of benzene rings is 1. The average molecular weight is 448 g/mol. The fraction of sp³-hybridized carbons (Fsp3) is 0.588. The van der Waals surface area contributed by atoms with Gasteiger partial charge in [0, 0.05) is 39.3 Å². The van der Waals surface area contributed by atoms with Gasteiger partial charge in [0.1, 0.15) is 0 Å². The van der Waals surface area contributed by atoms with E-state index in [-0.39, 0.29) is 29.5 Å². The SMILES string of the molecule is CN=C(NCCNC(C)(C)C)N(C)Cc1ccc2c(c1)OCO2.I. The van der Waals surface area contributed by atoms with E-state index in [1.807, 2.05) is 19.2 Å². The van der Waals surface area contributed by atoms with Crippen LogP contribution in [-0.2, 0) is 6.54 Å². The number of ether oxygens (including phenoxy) is 2. The number of nitrogens with one attached hydrogen (secondary N) is 2. The normalized spacial score (nSPS) is 13.5. The molecule has 1 aromatic rings. The van der Waals surface area contributed by atoms with Gasteiger partial charge in [-0.2, -0.15) is 0 Å². The van der Waals surface area contributed by atoms with Crippen molar-refractivity contribution < 1.29 is 9.47 Å². The molecule has 0 atom stereocenters. The van der Waals surface area contributed by atoms with Crippen LogP contribution in [-0.4, -0.2) is 50.4 Å². The van der Waals surface area contributed by atoms with Crippen LogP contribution in [0.2, 0.25) is 0 Å². The van der Waals surface area contributed by atoms with Crippen LogP contribution in [0.4, 0.5) is 0 Å². The molecule has 0 saturated carbocycles. The summed E-state index contributed by atoms with van der Waals surface area (Å²) in [4.78, 5) is 6.43. The predicted octanol–water partition coefficient (Wildman–Crippen LogP) is 2.43. The van der Waals surface area contributed by atoms with E-state index in [1.165, 1.54) is 0 Å². The van der Waals surface area contributed by atoms with Crippen molar-refractivity contribution in [3.63, 3.8) is 0 Å². The highest BCUT2D eigenvalue weighted by atomic mass is 127. The highest BCUT2D eigenvalue weighted by Crippen LogP contribution is 2.32. The highest BCUT2D eigenvalue weighted by molar-refractivity contribution is 14.0. The van der Waals surface area contributed by atoms with Gasteiger partial charge in [-0.3, -0.25) is 4.99 Å². The molecule has 0 fully saturated rings. The van der Waals surface area contributed by atoms with Crippen LogP contribution in [0.3, 0.4) is 0 Å². The van der Waals surface area contributed by atoms with Crippen molar-refractivity contribution in [2.24, 2.45) is 4.99 Å². The lowest BCUT2D eigenvalue weighted by molar-refractivity contribution is 0.174. The molecule has 0 unspecified atom stereocenters. The van der Waals surface area contributed by atoms with E-state index < -0.39 is 0 Å². The third kappa shape index (κ3) is 6.35. The maximum atomic E-state index is 5.42. The van der Waals surface area contributed by atoms with Crippen molar-refractivity contribution in [3.8, 4) is 11.5 Å². The van der Waals surface area contributed by atoms with Gasteiger partial charge >= 0.3 is 0 Å². The zero-order valence-electron chi connectivity index (χ0n) is 15.2. The fourth-order valence-corrected chi connectivity index (χ4v) is 2.38. The van der Waals surface area contributed by atoms with E-state index in [0.29, 0.717) is 6.79 Å². The summed E-state index contributed by atoms with van der Waals surface area (Å²) in [6.07, 6.45) is 0. The summed E-state index contributed by atoms with van der Waals surface area (Å²) in [7, 11) is 3.83. The molecular weight excluding hydrogens is 419 g/mol. The van der Waals surface area contributed by atoms with E-state index in [4.69, 9.17) is 9.47 Å². The first-order valence-corrected chi connectivity index (χ1v) is 7.94. The Balaban J connectivity index is 0.00000288. The van der Waals surface area contributed by atoms with Gasteiger partial charge in [-0.15, -0.1) is 24.0 Å². The molecule has 0 bridgehead atoms. The van der Waals surface area contributed by atoms with Gasteiger partial charge in [0.05, 0.1) is 0 Å². The van der Waals surface area contributed by atoms with E-state index in [0.717, 1.165) is 42.7 Å². The summed E-state index contributed by atoms with van der Waals surface area (Å²) in [5.74, 6) is 2.50. The first-order valence-electron chi connectivity index (χ1n) is 7.94. The van der Waals surface area contributed by atoms with Crippen molar-refractivity contribution in [1.29, 1.82) is 0 Å². The van der Waals surface area contributed by atoms with Gasteiger partial charge in [0.2, 0.25) is 6.79 Å². The van der Waals surface area contributed by atoms with Crippen molar-refractivity contribution >= 4 is 29.9 Å². The molecule has 1 aliphatic rings. The van der Waals surface area contributed by atoms with Crippen LogP contribution < -0.4 is 20.1 Å². The molecule has 0 aliphatic carbocycles. The fourth-order valence-electron chi connectivity index (χ4n) is 2.38. The first kappa shape index (κ1) is 20.8. The predicted molar refractivity (Wildman–Crippen MR) is 109 cm³/mol. The molecular formula is C17H29IN4O2. The number of aliphatic imine (C=N–C) groups is 1. The van der Waals surface area contributed by atoms with Crippen LogP contribution in [0, 0.1) is 0 Å². The number of fused-ring (bicyclic) bond motifs is 1. The second-order valence-corrected chi connectivity index (χ2v) is 6.69. The Morgan fingerprint density at radius 1 is 1.21 bits per heavy atom. The number of guanidine groups is 1. The summed E-state index contributed by atoms with van der Waals surface area (Å²) < 4.78 is 10.8. The van der Waals surface area contributed by atoms with E-state index >= 15 is 0 Å². The first-order chi connectivity index (χ1) is 10.9. The molecule has 0 saturated heterocycles. The smallest absolute Gasteiger partial charge is 0.231 e. The van der Waals surface area contributed by atoms with Gasteiger partial charge in [-0.05, 0) is 38.5 Å². The summed E-state index contributed by atoms with van der Waals surface area (Å²) in [6.45, 7) is 9.26. The Morgan fingerprint density at radius 2 is 1.92 bits per heavy atom. The minimum absolute atomic E-state index is 0. The van der Waals surface area contributed by atoms with Gasteiger partial charge in [-0.1, -0.05) is 6.07 Å². The Labute approximate surface area is 162 Å². The van der Waals surface area contributed by atoms with Crippen molar-refractivity contribution in [1.82, 2.24) is 15.5 Å². The molecule has 24 heavy (non-hydrogen) atoms. The van der Waals surface area contributed by atoms with Crippen LogP contribution in [0.5, 0.6) is 11.5 Å². The summed E-state index contributed by atoms with van der Waals surface area (Å²) in [6, 6.07) is 6.03. The summed E-state index contributed by atoms with van der Waals surface area (Å²) in [5.41, 5.74) is 1.29.